The number of benzene rings is 1. The lowest BCUT2D eigenvalue weighted by Crippen LogP contribution is -2.56. The molecule has 9 heteroatoms. The number of methoxy groups -OCH3 is 2. The fourth-order valence-electron chi connectivity index (χ4n) is 1.79. The molecule has 0 N–H and O–H groups in total. The van der Waals surface area contributed by atoms with Crippen LogP contribution in [-0.4, -0.2) is 33.4 Å². The summed E-state index contributed by atoms with van der Waals surface area (Å²) in [4.78, 5) is 0. The van der Waals surface area contributed by atoms with Crippen molar-refractivity contribution in [2.75, 3.05) is 21.0 Å². The number of hydrogen-bond acceptors (Lipinski definition) is 3. The quantitative estimate of drug-likeness (QED) is 0.613. The fourth-order valence-corrected chi connectivity index (χ4v) is 1.79. The van der Waals surface area contributed by atoms with E-state index in [1.165, 1.54) is 6.07 Å². The molecule has 0 aliphatic heterocycles. The normalized spacial score (nSPS) is 13.3. The zero-order chi connectivity index (χ0) is 16.3. The highest BCUT2D eigenvalue weighted by molar-refractivity contribution is 5.40. The van der Waals surface area contributed by atoms with Gasteiger partial charge in [0.15, 0.2) is 0 Å². The zero-order valence-corrected chi connectivity index (χ0v) is 11.0. The summed E-state index contributed by atoms with van der Waals surface area (Å²) >= 11 is 0. The van der Waals surface area contributed by atoms with Crippen LogP contribution in [0.25, 0.3) is 0 Å². The molecule has 120 valence electrons. The van der Waals surface area contributed by atoms with Crippen LogP contribution in [0.15, 0.2) is 24.3 Å². The summed E-state index contributed by atoms with van der Waals surface area (Å²) in [5, 5.41) is 0. The Hall–Kier alpha value is -1.48. The Morgan fingerprint density at radius 2 is 1.43 bits per heavy atom. The van der Waals surface area contributed by atoms with E-state index in [2.05, 4.69) is 14.2 Å². The molecule has 0 saturated carbocycles. The van der Waals surface area contributed by atoms with Crippen molar-refractivity contribution in [3.8, 4) is 5.75 Å². The van der Waals surface area contributed by atoms with E-state index in [-0.39, 0.29) is 0 Å². The van der Waals surface area contributed by atoms with E-state index in [0.29, 0.717) is 6.07 Å². The van der Waals surface area contributed by atoms with Crippen LogP contribution in [0.2, 0.25) is 0 Å². The summed E-state index contributed by atoms with van der Waals surface area (Å²) in [6.45, 7) is -1.20. The van der Waals surface area contributed by atoms with Gasteiger partial charge < -0.3 is 14.2 Å². The fraction of sp³-hybridized carbons (Fsp3) is 0.500. The first kappa shape index (κ1) is 17.6. The first-order valence-electron chi connectivity index (χ1n) is 5.51. The predicted molar refractivity (Wildman–Crippen MR) is 59.7 cm³/mol. The average Bonchev–Trinajstić information content (AvgIpc) is 2.37. The van der Waals surface area contributed by atoms with Crippen molar-refractivity contribution in [1.82, 2.24) is 0 Å². The van der Waals surface area contributed by atoms with Crippen LogP contribution in [0.3, 0.4) is 0 Å². The lowest BCUT2D eigenvalue weighted by Gasteiger charge is -2.37. The Kier molecular flexibility index (Phi) is 5.11. The minimum atomic E-state index is -5.77. The standard InChI is InChI=1S/C12H12F6O3/c1-19-7-21-10(11(13,14)15,12(16,17)18)8-5-3-4-6-9(8)20-2/h3-6H,7H2,1-2H3. The third kappa shape index (κ3) is 3.08. The second kappa shape index (κ2) is 6.10. The molecule has 1 rings (SSSR count). The largest absolute Gasteiger partial charge is 0.496 e. The molecule has 0 atom stereocenters. The molecule has 0 heterocycles. The van der Waals surface area contributed by atoms with E-state index >= 15 is 0 Å². The minimum absolute atomic E-state index is 0.594. The second-order valence-electron chi connectivity index (χ2n) is 3.93. The van der Waals surface area contributed by atoms with Crippen molar-refractivity contribution in [3.63, 3.8) is 0 Å². The van der Waals surface area contributed by atoms with Gasteiger partial charge in [-0.25, -0.2) is 0 Å². The number of ether oxygens (including phenoxy) is 3. The summed E-state index contributed by atoms with van der Waals surface area (Å²) in [7, 11) is 1.88. The third-order valence-corrected chi connectivity index (χ3v) is 2.68. The second-order valence-corrected chi connectivity index (χ2v) is 3.93. The Morgan fingerprint density at radius 3 is 1.86 bits per heavy atom. The van der Waals surface area contributed by atoms with Crippen molar-refractivity contribution in [2.45, 2.75) is 18.0 Å². The number of rotatable bonds is 5. The molecule has 0 saturated heterocycles. The van der Waals surface area contributed by atoms with Gasteiger partial charge in [-0.05, 0) is 6.07 Å². The van der Waals surface area contributed by atoms with Crippen LogP contribution in [0, 0.1) is 0 Å². The van der Waals surface area contributed by atoms with Crippen LogP contribution in [0.4, 0.5) is 26.3 Å². The van der Waals surface area contributed by atoms with Gasteiger partial charge in [-0.3, -0.25) is 0 Å². The first-order valence-corrected chi connectivity index (χ1v) is 5.51. The van der Waals surface area contributed by atoms with Gasteiger partial charge in [-0.2, -0.15) is 26.3 Å². The molecule has 3 nitrogen and oxygen atoms in total. The number of alkyl halides is 6. The van der Waals surface area contributed by atoms with Gasteiger partial charge in [-0.1, -0.05) is 18.2 Å². The van der Waals surface area contributed by atoms with E-state index in [1.54, 1.807) is 0 Å². The molecule has 21 heavy (non-hydrogen) atoms. The Balaban J connectivity index is 3.63. The molecule has 0 aliphatic carbocycles. The average molecular weight is 318 g/mol. The van der Waals surface area contributed by atoms with Gasteiger partial charge in [0.25, 0.3) is 5.60 Å². The van der Waals surface area contributed by atoms with Gasteiger partial charge in [0.05, 0.1) is 7.11 Å². The van der Waals surface area contributed by atoms with Crippen LogP contribution >= 0.6 is 0 Å². The molecule has 0 aromatic heterocycles. The monoisotopic (exact) mass is 318 g/mol. The third-order valence-electron chi connectivity index (χ3n) is 2.68. The maximum Gasteiger partial charge on any atom is 0.431 e. The Bertz CT molecular complexity index is 455. The lowest BCUT2D eigenvalue weighted by atomic mass is 9.91. The van der Waals surface area contributed by atoms with Crippen molar-refractivity contribution in [2.24, 2.45) is 0 Å². The highest BCUT2D eigenvalue weighted by Crippen LogP contribution is 2.54. The van der Waals surface area contributed by atoms with Crippen LogP contribution in [-0.2, 0) is 15.1 Å². The molecule has 0 fully saturated rings. The van der Waals surface area contributed by atoms with Gasteiger partial charge >= 0.3 is 12.4 Å². The van der Waals surface area contributed by atoms with E-state index in [1.807, 2.05) is 0 Å². The molecule has 0 bridgehead atoms. The van der Waals surface area contributed by atoms with Crippen molar-refractivity contribution in [1.29, 1.82) is 0 Å². The van der Waals surface area contributed by atoms with Gasteiger partial charge in [0, 0.05) is 12.7 Å². The van der Waals surface area contributed by atoms with Crippen LogP contribution < -0.4 is 4.74 Å². The topological polar surface area (TPSA) is 27.7 Å². The van der Waals surface area contributed by atoms with E-state index in [4.69, 9.17) is 0 Å². The van der Waals surface area contributed by atoms with Crippen molar-refractivity contribution >= 4 is 0 Å². The Morgan fingerprint density at radius 1 is 0.905 bits per heavy atom. The molecule has 0 unspecified atom stereocenters. The van der Waals surface area contributed by atoms with E-state index in [0.717, 1.165) is 26.4 Å². The van der Waals surface area contributed by atoms with Gasteiger partial charge in [0.1, 0.15) is 12.5 Å². The number of hydrogen-bond donors (Lipinski definition) is 0. The maximum absolute atomic E-state index is 13.2. The lowest BCUT2D eigenvalue weighted by molar-refractivity contribution is -0.400. The van der Waals surface area contributed by atoms with Gasteiger partial charge in [-0.15, -0.1) is 0 Å². The van der Waals surface area contributed by atoms with Crippen molar-refractivity contribution in [3.05, 3.63) is 29.8 Å². The molecule has 0 aliphatic rings. The smallest absolute Gasteiger partial charge is 0.431 e. The summed E-state index contributed by atoms with van der Waals surface area (Å²) in [5.41, 5.74) is -5.73. The Labute approximate surface area is 116 Å². The summed E-state index contributed by atoms with van der Waals surface area (Å²) in [6, 6.07) is 3.91. The SMILES string of the molecule is COCOC(c1ccccc1OC)(C(F)(F)F)C(F)(F)F. The van der Waals surface area contributed by atoms with Crippen molar-refractivity contribution < 1.29 is 40.6 Å². The number of halogens is 6. The molecule has 1 aromatic carbocycles. The molecular weight excluding hydrogens is 306 g/mol. The molecule has 0 radical (unpaired) electrons. The van der Waals surface area contributed by atoms with Crippen LogP contribution in [0.1, 0.15) is 5.56 Å². The van der Waals surface area contributed by atoms with E-state index < -0.39 is 36.1 Å². The zero-order valence-electron chi connectivity index (χ0n) is 11.0. The van der Waals surface area contributed by atoms with Crippen LogP contribution in [0.5, 0.6) is 5.75 Å². The minimum Gasteiger partial charge on any atom is -0.496 e. The maximum atomic E-state index is 13.2. The molecule has 0 amide bonds. The number of para-hydroxylation sites is 1. The molecule has 0 spiro atoms. The van der Waals surface area contributed by atoms with E-state index in [9.17, 15) is 26.3 Å². The highest BCUT2D eigenvalue weighted by atomic mass is 19.4. The predicted octanol–water partition coefficient (Wildman–Crippen LogP) is 3.64. The summed E-state index contributed by atoms with van der Waals surface area (Å²) in [5.74, 6) is -0.594. The summed E-state index contributed by atoms with van der Waals surface area (Å²) < 4.78 is 92.3. The van der Waals surface area contributed by atoms with Gasteiger partial charge in [0.2, 0.25) is 0 Å². The first-order chi connectivity index (χ1) is 9.61. The summed E-state index contributed by atoms with van der Waals surface area (Å²) in [6.07, 6.45) is -11.5. The molecular formula is C12H12F6O3. The molecule has 1 aromatic rings. The highest BCUT2D eigenvalue weighted by Gasteiger charge is 2.74.